The van der Waals surface area contributed by atoms with Crippen molar-refractivity contribution in [2.24, 2.45) is 0 Å². The molecule has 0 saturated heterocycles. The van der Waals surface area contributed by atoms with Gasteiger partial charge in [0.05, 0.1) is 7.11 Å². The minimum absolute atomic E-state index is 0.148. The number of nitrogen functional groups attached to an aromatic ring is 1. The average Bonchev–Trinajstić information content (AvgIpc) is 2.03. The van der Waals surface area contributed by atoms with E-state index >= 15 is 0 Å². The highest BCUT2D eigenvalue weighted by molar-refractivity contribution is 5.93. The first-order chi connectivity index (χ1) is 5.65. The van der Waals surface area contributed by atoms with Gasteiger partial charge in [0.15, 0.2) is 0 Å². The van der Waals surface area contributed by atoms with Gasteiger partial charge in [-0.3, -0.25) is 0 Å². The fraction of sp³-hybridized carbons (Fsp3) is 0.286. The van der Waals surface area contributed by atoms with Crippen LogP contribution in [0.3, 0.4) is 0 Å². The summed E-state index contributed by atoms with van der Waals surface area (Å²) in [5.41, 5.74) is 5.64. The third-order valence-corrected chi connectivity index (χ3v) is 1.34. The number of nitrogens with zero attached hydrogens (tertiary/aromatic N) is 2. The Bertz CT molecular complexity index is 312. The molecule has 0 fully saturated rings. The number of anilines is 1. The number of hydrogen-bond acceptors (Lipinski definition) is 5. The average molecular weight is 167 g/mol. The number of rotatable bonds is 1. The second-order valence-electron chi connectivity index (χ2n) is 2.21. The number of aromatic nitrogens is 2. The Morgan fingerprint density at radius 1 is 1.67 bits per heavy atom. The molecule has 0 atom stereocenters. The van der Waals surface area contributed by atoms with Gasteiger partial charge in [0.25, 0.3) is 0 Å². The zero-order chi connectivity index (χ0) is 9.14. The van der Waals surface area contributed by atoms with Crippen molar-refractivity contribution in [3.63, 3.8) is 0 Å². The van der Waals surface area contributed by atoms with E-state index in [1.807, 2.05) is 0 Å². The zero-order valence-electron chi connectivity index (χ0n) is 6.87. The predicted molar refractivity (Wildman–Crippen MR) is 42.5 cm³/mol. The Kier molecular flexibility index (Phi) is 2.23. The maximum atomic E-state index is 11.0. The van der Waals surface area contributed by atoms with Gasteiger partial charge in [0, 0.05) is 6.20 Å². The third-order valence-electron chi connectivity index (χ3n) is 1.34. The van der Waals surface area contributed by atoms with Crippen LogP contribution in [-0.2, 0) is 4.74 Å². The Labute approximate surface area is 69.6 Å². The molecule has 0 aliphatic carbocycles. The van der Waals surface area contributed by atoms with Crippen molar-refractivity contribution in [1.82, 2.24) is 9.97 Å². The largest absolute Gasteiger partial charge is 0.465 e. The Morgan fingerprint density at radius 3 is 2.83 bits per heavy atom. The summed E-state index contributed by atoms with van der Waals surface area (Å²) < 4.78 is 4.46. The van der Waals surface area contributed by atoms with Crippen LogP contribution in [0.25, 0.3) is 0 Å². The lowest BCUT2D eigenvalue weighted by Crippen LogP contribution is -2.08. The van der Waals surface area contributed by atoms with Crippen molar-refractivity contribution in [2.45, 2.75) is 6.92 Å². The van der Waals surface area contributed by atoms with Crippen LogP contribution in [0, 0.1) is 6.92 Å². The monoisotopic (exact) mass is 167 g/mol. The van der Waals surface area contributed by atoms with Gasteiger partial charge in [-0.25, -0.2) is 14.8 Å². The Hall–Kier alpha value is -1.65. The van der Waals surface area contributed by atoms with E-state index in [0.29, 0.717) is 5.82 Å². The minimum Gasteiger partial charge on any atom is -0.465 e. The fourth-order valence-electron chi connectivity index (χ4n) is 0.755. The molecule has 5 nitrogen and oxygen atoms in total. The first-order valence-electron chi connectivity index (χ1n) is 3.32. The molecule has 12 heavy (non-hydrogen) atoms. The van der Waals surface area contributed by atoms with Crippen LogP contribution in [0.5, 0.6) is 0 Å². The number of hydrogen-bond donors (Lipinski definition) is 1. The number of ether oxygens (including phenoxy) is 1. The number of carbonyl (C=O) groups is 1. The van der Waals surface area contributed by atoms with Crippen molar-refractivity contribution in [3.05, 3.63) is 17.6 Å². The summed E-state index contributed by atoms with van der Waals surface area (Å²) >= 11 is 0. The van der Waals surface area contributed by atoms with Gasteiger partial charge >= 0.3 is 5.97 Å². The molecule has 0 spiro atoms. The summed E-state index contributed by atoms with van der Waals surface area (Å²) in [6, 6.07) is 0. The number of carbonyl (C=O) groups excluding carboxylic acids is 1. The van der Waals surface area contributed by atoms with E-state index in [0.717, 1.165) is 0 Å². The van der Waals surface area contributed by atoms with Gasteiger partial charge in [0.1, 0.15) is 17.2 Å². The smallest absolute Gasteiger partial charge is 0.343 e. The molecule has 1 rings (SSSR count). The van der Waals surface area contributed by atoms with Gasteiger partial charge in [-0.05, 0) is 6.92 Å². The van der Waals surface area contributed by atoms with Gasteiger partial charge in [-0.1, -0.05) is 0 Å². The lowest BCUT2D eigenvalue weighted by atomic mass is 10.3. The van der Waals surface area contributed by atoms with E-state index in [4.69, 9.17) is 5.73 Å². The van der Waals surface area contributed by atoms with Crippen LogP contribution in [-0.4, -0.2) is 23.0 Å². The Morgan fingerprint density at radius 2 is 2.33 bits per heavy atom. The van der Waals surface area contributed by atoms with Gasteiger partial charge in [0.2, 0.25) is 0 Å². The van der Waals surface area contributed by atoms with E-state index < -0.39 is 5.97 Å². The SMILES string of the molecule is COC(=O)c1cnc(C)nc1N. The number of methoxy groups -OCH3 is 1. The topological polar surface area (TPSA) is 78.1 Å². The summed E-state index contributed by atoms with van der Waals surface area (Å²) in [5.74, 6) is 0.155. The zero-order valence-corrected chi connectivity index (χ0v) is 6.87. The van der Waals surface area contributed by atoms with E-state index in [1.54, 1.807) is 6.92 Å². The van der Waals surface area contributed by atoms with Crippen molar-refractivity contribution < 1.29 is 9.53 Å². The number of esters is 1. The molecule has 1 heterocycles. The molecule has 64 valence electrons. The summed E-state index contributed by atoms with van der Waals surface area (Å²) in [4.78, 5) is 18.6. The molecule has 0 bridgehead atoms. The van der Waals surface area contributed by atoms with E-state index in [-0.39, 0.29) is 11.4 Å². The molecule has 0 aliphatic rings. The summed E-state index contributed by atoms with van der Waals surface area (Å²) in [7, 11) is 1.28. The molecule has 0 saturated carbocycles. The van der Waals surface area contributed by atoms with Crippen LogP contribution in [0.2, 0.25) is 0 Å². The highest BCUT2D eigenvalue weighted by Crippen LogP contribution is 2.07. The minimum atomic E-state index is -0.521. The normalized spacial score (nSPS) is 9.50. The number of aryl methyl sites for hydroxylation is 1. The molecule has 0 unspecified atom stereocenters. The fourth-order valence-corrected chi connectivity index (χ4v) is 0.755. The van der Waals surface area contributed by atoms with Crippen molar-refractivity contribution in [1.29, 1.82) is 0 Å². The summed E-state index contributed by atoms with van der Waals surface area (Å²) in [5, 5.41) is 0. The maximum Gasteiger partial charge on any atom is 0.343 e. The molecule has 1 aromatic heterocycles. The predicted octanol–water partition coefficient (Wildman–Crippen LogP) is 0.154. The first-order valence-corrected chi connectivity index (χ1v) is 3.32. The standard InChI is InChI=1S/C7H9N3O2/c1-4-9-3-5(6(8)10-4)7(11)12-2/h3H,1-2H3,(H2,8,9,10). The molecule has 2 N–H and O–H groups in total. The Balaban J connectivity index is 3.09. The third kappa shape index (κ3) is 1.50. The lowest BCUT2D eigenvalue weighted by molar-refractivity contribution is 0.0601. The molecular formula is C7H9N3O2. The number of nitrogens with two attached hydrogens (primary N) is 1. The van der Waals surface area contributed by atoms with Crippen molar-refractivity contribution in [3.8, 4) is 0 Å². The highest BCUT2D eigenvalue weighted by atomic mass is 16.5. The molecule has 0 aliphatic heterocycles. The van der Waals surface area contributed by atoms with Crippen LogP contribution in [0.4, 0.5) is 5.82 Å². The van der Waals surface area contributed by atoms with Crippen LogP contribution >= 0.6 is 0 Å². The second kappa shape index (κ2) is 3.17. The quantitative estimate of drug-likeness (QED) is 0.602. The second-order valence-corrected chi connectivity index (χ2v) is 2.21. The molecule has 0 aromatic carbocycles. The van der Waals surface area contributed by atoms with Crippen molar-refractivity contribution in [2.75, 3.05) is 12.8 Å². The van der Waals surface area contributed by atoms with Crippen LogP contribution in [0.1, 0.15) is 16.2 Å². The van der Waals surface area contributed by atoms with Crippen LogP contribution < -0.4 is 5.73 Å². The summed E-state index contributed by atoms with van der Waals surface area (Å²) in [6.07, 6.45) is 1.35. The van der Waals surface area contributed by atoms with E-state index in [1.165, 1.54) is 13.3 Å². The molecule has 5 heteroatoms. The molecule has 1 aromatic rings. The highest BCUT2D eigenvalue weighted by Gasteiger charge is 2.10. The van der Waals surface area contributed by atoms with E-state index in [2.05, 4.69) is 14.7 Å². The lowest BCUT2D eigenvalue weighted by Gasteiger charge is -2.01. The maximum absolute atomic E-state index is 11.0. The van der Waals surface area contributed by atoms with Crippen LogP contribution in [0.15, 0.2) is 6.20 Å². The van der Waals surface area contributed by atoms with Gasteiger partial charge in [-0.2, -0.15) is 0 Å². The van der Waals surface area contributed by atoms with E-state index in [9.17, 15) is 4.79 Å². The molecular weight excluding hydrogens is 158 g/mol. The first kappa shape index (κ1) is 8.45. The van der Waals surface area contributed by atoms with Gasteiger partial charge in [-0.15, -0.1) is 0 Å². The summed E-state index contributed by atoms with van der Waals surface area (Å²) in [6.45, 7) is 1.69. The van der Waals surface area contributed by atoms with Gasteiger partial charge < -0.3 is 10.5 Å². The van der Waals surface area contributed by atoms with Crippen molar-refractivity contribution >= 4 is 11.8 Å². The molecule has 0 radical (unpaired) electrons. The molecule has 0 amide bonds.